The van der Waals surface area contributed by atoms with Gasteiger partial charge in [0.1, 0.15) is 5.54 Å². The van der Waals surface area contributed by atoms with Crippen LogP contribution in [0.25, 0.3) is 0 Å². The number of aliphatic hydroxyl groups is 1. The van der Waals surface area contributed by atoms with E-state index in [1.807, 2.05) is 0 Å². The molecule has 0 aliphatic heterocycles. The molecule has 1 aliphatic rings. The number of nitrogens with zero attached hydrogens (tertiary/aromatic N) is 1. The second-order valence-electron chi connectivity index (χ2n) is 4.23. The minimum Gasteiger partial charge on any atom is -0.396 e. The van der Waals surface area contributed by atoms with Gasteiger partial charge in [-0.1, -0.05) is 19.8 Å². The Hall–Kier alpha value is -0.590. The Bertz CT molecular complexity index is 212. The molecule has 0 saturated heterocycles. The van der Waals surface area contributed by atoms with Crippen molar-refractivity contribution in [1.29, 1.82) is 5.26 Å². The molecule has 0 radical (unpaired) electrons. The number of aliphatic hydroxyl groups excluding tert-OH is 1. The first-order valence-corrected chi connectivity index (χ1v) is 5.52. The maximum absolute atomic E-state index is 9.24. The Labute approximate surface area is 86.1 Å². The van der Waals surface area contributed by atoms with Crippen molar-refractivity contribution in [3.8, 4) is 6.07 Å². The molecule has 1 rings (SSSR count). The normalized spacial score (nSPS) is 32.5. The van der Waals surface area contributed by atoms with E-state index in [2.05, 4.69) is 18.3 Å². The van der Waals surface area contributed by atoms with E-state index in [9.17, 15) is 5.26 Å². The van der Waals surface area contributed by atoms with Crippen LogP contribution in [0.3, 0.4) is 0 Å². The van der Waals surface area contributed by atoms with Crippen molar-refractivity contribution in [3.63, 3.8) is 0 Å². The molecule has 1 saturated carbocycles. The molecule has 14 heavy (non-hydrogen) atoms. The summed E-state index contributed by atoms with van der Waals surface area (Å²) in [5.74, 6) is 0.431. The fraction of sp³-hybridized carbons (Fsp3) is 0.909. The standard InChI is InChI=1S/C11H20N2O/c1-10-5-2-3-6-11(10,9-12)13-7-4-8-14/h10,13-14H,2-8H2,1H3. The van der Waals surface area contributed by atoms with Gasteiger partial charge in [-0.05, 0) is 31.7 Å². The van der Waals surface area contributed by atoms with Gasteiger partial charge in [0.2, 0.25) is 0 Å². The van der Waals surface area contributed by atoms with Gasteiger partial charge in [0.15, 0.2) is 0 Å². The summed E-state index contributed by atoms with van der Waals surface area (Å²) in [6.07, 6.45) is 5.21. The predicted octanol–water partition coefficient (Wildman–Crippen LogP) is 1.43. The number of rotatable bonds is 4. The fourth-order valence-corrected chi connectivity index (χ4v) is 2.21. The highest BCUT2D eigenvalue weighted by atomic mass is 16.3. The summed E-state index contributed by atoms with van der Waals surface area (Å²) in [5.41, 5.74) is -0.326. The van der Waals surface area contributed by atoms with Crippen LogP contribution in [0.5, 0.6) is 0 Å². The van der Waals surface area contributed by atoms with Crippen molar-refractivity contribution < 1.29 is 5.11 Å². The Morgan fingerprint density at radius 1 is 1.57 bits per heavy atom. The van der Waals surface area contributed by atoms with Crippen LogP contribution in [0.15, 0.2) is 0 Å². The second kappa shape index (κ2) is 5.33. The van der Waals surface area contributed by atoms with Crippen molar-refractivity contribution in [3.05, 3.63) is 0 Å². The van der Waals surface area contributed by atoms with Crippen molar-refractivity contribution in [1.82, 2.24) is 5.32 Å². The molecular formula is C11H20N2O. The Balaban J connectivity index is 2.51. The molecule has 3 heteroatoms. The summed E-state index contributed by atoms with van der Waals surface area (Å²) < 4.78 is 0. The van der Waals surface area contributed by atoms with E-state index in [1.165, 1.54) is 6.42 Å². The Morgan fingerprint density at radius 3 is 2.93 bits per heavy atom. The van der Waals surface area contributed by atoms with E-state index < -0.39 is 0 Å². The average molecular weight is 196 g/mol. The minimum atomic E-state index is -0.326. The van der Waals surface area contributed by atoms with Crippen molar-refractivity contribution in [2.75, 3.05) is 13.2 Å². The first-order valence-electron chi connectivity index (χ1n) is 5.52. The second-order valence-corrected chi connectivity index (χ2v) is 4.23. The number of nitriles is 1. The van der Waals surface area contributed by atoms with Crippen LogP contribution in [-0.2, 0) is 0 Å². The van der Waals surface area contributed by atoms with Crippen molar-refractivity contribution in [2.45, 2.75) is 44.6 Å². The third-order valence-corrected chi connectivity index (χ3v) is 3.27. The minimum absolute atomic E-state index is 0.197. The molecule has 2 atom stereocenters. The highest BCUT2D eigenvalue weighted by Crippen LogP contribution is 2.32. The van der Waals surface area contributed by atoms with Crippen molar-refractivity contribution >= 4 is 0 Å². The van der Waals surface area contributed by atoms with Crippen LogP contribution >= 0.6 is 0 Å². The van der Waals surface area contributed by atoms with Crippen LogP contribution < -0.4 is 5.32 Å². The number of nitrogens with one attached hydrogen (secondary N) is 1. The molecule has 2 unspecified atom stereocenters. The molecule has 0 aromatic rings. The van der Waals surface area contributed by atoms with Crippen LogP contribution in [-0.4, -0.2) is 23.8 Å². The van der Waals surface area contributed by atoms with E-state index in [-0.39, 0.29) is 12.1 Å². The summed E-state index contributed by atoms with van der Waals surface area (Å²) in [6, 6.07) is 2.43. The molecule has 0 spiro atoms. The van der Waals surface area contributed by atoms with Crippen LogP contribution in [0.1, 0.15) is 39.0 Å². The maximum Gasteiger partial charge on any atom is 0.109 e. The monoisotopic (exact) mass is 196 g/mol. The first-order chi connectivity index (χ1) is 6.75. The summed E-state index contributed by atoms with van der Waals surface area (Å²) in [7, 11) is 0. The molecule has 2 N–H and O–H groups in total. The molecule has 0 amide bonds. The third-order valence-electron chi connectivity index (χ3n) is 3.27. The highest BCUT2D eigenvalue weighted by molar-refractivity contribution is 5.11. The fourth-order valence-electron chi connectivity index (χ4n) is 2.21. The summed E-state index contributed by atoms with van der Waals surface area (Å²) in [5, 5.41) is 21.2. The maximum atomic E-state index is 9.24. The molecule has 0 aromatic heterocycles. The van der Waals surface area contributed by atoms with Crippen LogP contribution in [0, 0.1) is 17.2 Å². The zero-order valence-corrected chi connectivity index (χ0v) is 8.92. The van der Waals surface area contributed by atoms with E-state index in [4.69, 9.17) is 5.11 Å². The van der Waals surface area contributed by atoms with Gasteiger partial charge in [0, 0.05) is 6.61 Å². The summed E-state index contributed by atoms with van der Waals surface area (Å²) in [4.78, 5) is 0. The quantitative estimate of drug-likeness (QED) is 0.669. The lowest BCUT2D eigenvalue weighted by Crippen LogP contribution is -2.51. The van der Waals surface area contributed by atoms with Gasteiger partial charge in [-0.3, -0.25) is 5.32 Å². The van der Waals surface area contributed by atoms with Gasteiger partial charge in [-0.2, -0.15) is 5.26 Å². The van der Waals surface area contributed by atoms with Gasteiger partial charge in [-0.25, -0.2) is 0 Å². The molecule has 0 heterocycles. The van der Waals surface area contributed by atoms with Gasteiger partial charge in [-0.15, -0.1) is 0 Å². The number of hydrogen-bond donors (Lipinski definition) is 2. The lowest BCUT2D eigenvalue weighted by Gasteiger charge is -2.37. The Kier molecular flexibility index (Phi) is 4.37. The topological polar surface area (TPSA) is 56.0 Å². The molecule has 1 aliphatic carbocycles. The SMILES string of the molecule is CC1CCCCC1(C#N)NCCCO. The van der Waals surface area contributed by atoms with Gasteiger partial charge in [0.05, 0.1) is 6.07 Å². The first kappa shape index (κ1) is 11.5. The largest absolute Gasteiger partial charge is 0.396 e. The van der Waals surface area contributed by atoms with Gasteiger partial charge in [0.25, 0.3) is 0 Å². The van der Waals surface area contributed by atoms with E-state index in [0.717, 1.165) is 32.2 Å². The van der Waals surface area contributed by atoms with E-state index in [0.29, 0.717) is 5.92 Å². The smallest absolute Gasteiger partial charge is 0.109 e. The molecule has 0 bridgehead atoms. The van der Waals surface area contributed by atoms with Gasteiger partial charge >= 0.3 is 0 Å². The third kappa shape index (κ3) is 2.46. The molecular weight excluding hydrogens is 176 g/mol. The summed E-state index contributed by atoms with van der Waals surface area (Å²) in [6.45, 7) is 3.09. The predicted molar refractivity (Wildman–Crippen MR) is 55.7 cm³/mol. The van der Waals surface area contributed by atoms with Gasteiger partial charge < -0.3 is 5.11 Å². The van der Waals surface area contributed by atoms with E-state index in [1.54, 1.807) is 0 Å². The van der Waals surface area contributed by atoms with E-state index >= 15 is 0 Å². The average Bonchev–Trinajstić information content (AvgIpc) is 2.21. The summed E-state index contributed by atoms with van der Waals surface area (Å²) >= 11 is 0. The highest BCUT2D eigenvalue weighted by Gasteiger charge is 2.37. The Morgan fingerprint density at radius 2 is 2.36 bits per heavy atom. The molecule has 3 nitrogen and oxygen atoms in total. The zero-order valence-electron chi connectivity index (χ0n) is 8.92. The number of hydrogen-bond acceptors (Lipinski definition) is 3. The van der Waals surface area contributed by atoms with Crippen LogP contribution in [0.2, 0.25) is 0 Å². The molecule has 0 aromatic carbocycles. The lowest BCUT2D eigenvalue weighted by atomic mass is 9.74. The zero-order chi connectivity index (χ0) is 10.4. The molecule has 80 valence electrons. The lowest BCUT2D eigenvalue weighted by molar-refractivity contribution is 0.203. The van der Waals surface area contributed by atoms with Crippen LogP contribution in [0.4, 0.5) is 0 Å². The molecule has 1 fully saturated rings. The van der Waals surface area contributed by atoms with Crippen molar-refractivity contribution in [2.24, 2.45) is 5.92 Å².